The van der Waals surface area contributed by atoms with E-state index in [1.807, 2.05) is 13.8 Å². The summed E-state index contributed by atoms with van der Waals surface area (Å²) >= 11 is 0. The molecule has 6 heteroatoms. The first-order valence-electron chi connectivity index (χ1n) is 5.34. The molecule has 0 amide bonds. The molecule has 1 aromatic rings. The van der Waals surface area contributed by atoms with Gasteiger partial charge in [-0.2, -0.15) is 13.2 Å². The van der Waals surface area contributed by atoms with Crippen LogP contribution in [0.2, 0.25) is 0 Å². The van der Waals surface area contributed by atoms with Gasteiger partial charge in [0.25, 0.3) is 0 Å². The van der Waals surface area contributed by atoms with E-state index in [1.54, 1.807) is 0 Å². The molecular weight excluding hydrogens is 231 g/mol. The van der Waals surface area contributed by atoms with E-state index in [4.69, 9.17) is 5.84 Å². The topological polar surface area (TPSA) is 50.9 Å². The fourth-order valence-corrected chi connectivity index (χ4v) is 1.52. The first-order valence-corrected chi connectivity index (χ1v) is 5.34. The van der Waals surface area contributed by atoms with Crippen molar-refractivity contribution in [3.63, 3.8) is 0 Å². The second kappa shape index (κ2) is 5.46. The van der Waals surface area contributed by atoms with Gasteiger partial charge in [0.1, 0.15) is 0 Å². The molecule has 0 aliphatic carbocycles. The summed E-state index contributed by atoms with van der Waals surface area (Å²) in [4.78, 5) is 3.81. The van der Waals surface area contributed by atoms with Crippen LogP contribution in [-0.2, 0) is 6.18 Å². The monoisotopic (exact) mass is 247 g/mol. The fraction of sp³-hybridized carbons (Fsp3) is 0.545. The van der Waals surface area contributed by atoms with Crippen molar-refractivity contribution in [1.29, 1.82) is 0 Å². The van der Waals surface area contributed by atoms with Crippen LogP contribution in [-0.4, -0.2) is 4.98 Å². The van der Waals surface area contributed by atoms with Gasteiger partial charge in [0.15, 0.2) is 0 Å². The second-order valence-electron chi connectivity index (χ2n) is 4.32. The number of hydrogen-bond acceptors (Lipinski definition) is 3. The summed E-state index contributed by atoms with van der Waals surface area (Å²) in [6.07, 6.45) is -2.80. The van der Waals surface area contributed by atoms with Crippen molar-refractivity contribution >= 4 is 0 Å². The summed E-state index contributed by atoms with van der Waals surface area (Å²) in [5, 5.41) is 0. The summed E-state index contributed by atoms with van der Waals surface area (Å²) in [7, 11) is 0. The normalized spacial score (nSPS) is 14.1. The molecule has 1 rings (SSSR count). The standard InChI is InChI=1S/C11H16F3N3/c1-7(2)5-10(17-15)9-4-3-8(6-16-9)11(12,13)14/h3-4,6-7,10,17H,5,15H2,1-2H3. The van der Waals surface area contributed by atoms with Gasteiger partial charge in [0.2, 0.25) is 0 Å². The quantitative estimate of drug-likeness (QED) is 0.635. The van der Waals surface area contributed by atoms with E-state index >= 15 is 0 Å². The molecule has 0 aliphatic rings. The molecule has 0 bridgehead atoms. The van der Waals surface area contributed by atoms with Gasteiger partial charge in [-0.1, -0.05) is 13.8 Å². The summed E-state index contributed by atoms with van der Waals surface area (Å²) in [6.45, 7) is 4.02. The molecule has 0 spiro atoms. The lowest BCUT2D eigenvalue weighted by Gasteiger charge is -2.17. The highest BCUT2D eigenvalue weighted by atomic mass is 19.4. The Bertz CT molecular complexity index is 346. The van der Waals surface area contributed by atoms with Crippen LogP contribution in [0.1, 0.15) is 37.6 Å². The summed E-state index contributed by atoms with van der Waals surface area (Å²) in [6, 6.07) is 2.15. The highest BCUT2D eigenvalue weighted by molar-refractivity contribution is 5.18. The molecule has 0 saturated carbocycles. The number of hydrazine groups is 1. The molecular formula is C11H16F3N3. The summed E-state index contributed by atoms with van der Waals surface area (Å²) in [5.74, 6) is 5.74. The lowest BCUT2D eigenvalue weighted by Crippen LogP contribution is -2.29. The Morgan fingerprint density at radius 1 is 1.35 bits per heavy atom. The maximum atomic E-state index is 12.3. The SMILES string of the molecule is CC(C)CC(NN)c1ccc(C(F)(F)F)cn1. The summed E-state index contributed by atoms with van der Waals surface area (Å²) < 4.78 is 37.0. The largest absolute Gasteiger partial charge is 0.417 e. The smallest absolute Gasteiger partial charge is 0.271 e. The zero-order valence-corrected chi connectivity index (χ0v) is 9.75. The number of pyridine rings is 1. The minimum atomic E-state index is -4.35. The third-order valence-corrected chi connectivity index (χ3v) is 2.38. The van der Waals surface area contributed by atoms with Gasteiger partial charge in [0, 0.05) is 6.20 Å². The molecule has 3 N–H and O–H groups in total. The zero-order chi connectivity index (χ0) is 13.1. The minimum Gasteiger partial charge on any atom is -0.271 e. The van der Waals surface area contributed by atoms with Crippen LogP contribution in [0, 0.1) is 5.92 Å². The highest BCUT2D eigenvalue weighted by Crippen LogP contribution is 2.29. The van der Waals surface area contributed by atoms with Gasteiger partial charge in [-0.3, -0.25) is 16.3 Å². The van der Waals surface area contributed by atoms with Gasteiger partial charge in [-0.25, -0.2) is 0 Å². The third kappa shape index (κ3) is 3.98. The van der Waals surface area contributed by atoms with Crippen molar-refractivity contribution < 1.29 is 13.2 Å². The van der Waals surface area contributed by atoms with Crippen LogP contribution in [0.3, 0.4) is 0 Å². The van der Waals surface area contributed by atoms with Crippen molar-refractivity contribution in [2.24, 2.45) is 11.8 Å². The molecule has 1 heterocycles. The minimum absolute atomic E-state index is 0.225. The molecule has 0 fully saturated rings. The van der Waals surface area contributed by atoms with Crippen LogP contribution in [0.5, 0.6) is 0 Å². The highest BCUT2D eigenvalue weighted by Gasteiger charge is 2.30. The van der Waals surface area contributed by atoms with Crippen LogP contribution in [0.25, 0.3) is 0 Å². The molecule has 1 atom stereocenters. The van der Waals surface area contributed by atoms with Crippen LogP contribution >= 0.6 is 0 Å². The molecule has 96 valence electrons. The fourth-order valence-electron chi connectivity index (χ4n) is 1.52. The molecule has 3 nitrogen and oxygen atoms in total. The van der Waals surface area contributed by atoms with Crippen molar-refractivity contribution in [2.45, 2.75) is 32.5 Å². The van der Waals surface area contributed by atoms with Crippen molar-refractivity contribution in [2.75, 3.05) is 0 Å². The first-order chi connectivity index (χ1) is 7.84. The number of nitrogens with two attached hydrogens (primary N) is 1. The average molecular weight is 247 g/mol. The molecule has 1 aromatic heterocycles. The Morgan fingerprint density at radius 3 is 2.35 bits per heavy atom. The predicted molar refractivity (Wildman–Crippen MR) is 58.8 cm³/mol. The van der Waals surface area contributed by atoms with Gasteiger partial charge in [0.05, 0.1) is 17.3 Å². The number of aromatic nitrogens is 1. The van der Waals surface area contributed by atoms with E-state index in [0.717, 1.165) is 18.7 Å². The first kappa shape index (κ1) is 13.9. The van der Waals surface area contributed by atoms with Crippen LogP contribution in [0.15, 0.2) is 18.3 Å². The van der Waals surface area contributed by atoms with Gasteiger partial charge < -0.3 is 0 Å². The number of alkyl halides is 3. The lowest BCUT2D eigenvalue weighted by atomic mass is 10.0. The molecule has 0 radical (unpaired) electrons. The molecule has 1 unspecified atom stereocenters. The molecule has 17 heavy (non-hydrogen) atoms. The Morgan fingerprint density at radius 2 is 2.00 bits per heavy atom. The number of nitrogens with zero attached hydrogens (tertiary/aromatic N) is 1. The Hall–Kier alpha value is -1.14. The predicted octanol–water partition coefficient (Wildman–Crippen LogP) is 2.65. The second-order valence-corrected chi connectivity index (χ2v) is 4.32. The maximum Gasteiger partial charge on any atom is 0.417 e. The van der Waals surface area contributed by atoms with Gasteiger partial charge >= 0.3 is 6.18 Å². The Balaban J connectivity index is 2.85. The number of nitrogens with one attached hydrogen (secondary N) is 1. The van der Waals surface area contributed by atoms with Crippen LogP contribution < -0.4 is 11.3 Å². The summed E-state index contributed by atoms with van der Waals surface area (Å²) in [5.41, 5.74) is 2.34. The van der Waals surface area contributed by atoms with Gasteiger partial charge in [-0.05, 0) is 24.5 Å². The Labute approximate surface area is 98.2 Å². The molecule has 0 aromatic carbocycles. The van der Waals surface area contributed by atoms with E-state index in [0.29, 0.717) is 11.6 Å². The molecule has 0 aliphatic heterocycles. The van der Waals surface area contributed by atoms with E-state index in [2.05, 4.69) is 10.4 Å². The van der Waals surface area contributed by atoms with Crippen molar-refractivity contribution in [3.8, 4) is 0 Å². The number of rotatable bonds is 4. The zero-order valence-electron chi connectivity index (χ0n) is 9.75. The molecule has 0 saturated heterocycles. The van der Waals surface area contributed by atoms with Crippen LogP contribution in [0.4, 0.5) is 13.2 Å². The van der Waals surface area contributed by atoms with Crippen molar-refractivity contribution in [3.05, 3.63) is 29.6 Å². The van der Waals surface area contributed by atoms with Gasteiger partial charge in [-0.15, -0.1) is 0 Å². The van der Waals surface area contributed by atoms with E-state index in [1.165, 1.54) is 6.07 Å². The van der Waals surface area contributed by atoms with E-state index in [9.17, 15) is 13.2 Å². The number of halogens is 3. The number of hydrogen-bond donors (Lipinski definition) is 2. The lowest BCUT2D eigenvalue weighted by molar-refractivity contribution is -0.137. The Kier molecular flexibility index (Phi) is 4.47. The van der Waals surface area contributed by atoms with E-state index < -0.39 is 11.7 Å². The third-order valence-electron chi connectivity index (χ3n) is 2.38. The van der Waals surface area contributed by atoms with Crippen molar-refractivity contribution in [1.82, 2.24) is 10.4 Å². The average Bonchev–Trinajstić information content (AvgIpc) is 2.24. The maximum absolute atomic E-state index is 12.3. The van der Waals surface area contributed by atoms with E-state index in [-0.39, 0.29) is 6.04 Å².